The maximum Gasteiger partial charge on any atom is 0.642 e. The molecule has 0 spiro atoms. The molecule has 0 heterocycles. The van der Waals surface area contributed by atoms with E-state index >= 15 is 0 Å². The van der Waals surface area contributed by atoms with E-state index in [1.807, 2.05) is 0 Å². The van der Waals surface area contributed by atoms with Crippen molar-refractivity contribution in [3.05, 3.63) is 0 Å². The number of rotatable bonds is 2. The van der Waals surface area contributed by atoms with Gasteiger partial charge in [0.05, 0.1) is 0 Å². The van der Waals surface area contributed by atoms with Crippen molar-refractivity contribution in [2.24, 2.45) is 0 Å². The van der Waals surface area contributed by atoms with Crippen LogP contribution in [-0.2, 0) is 9.01 Å². The van der Waals surface area contributed by atoms with Gasteiger partial charge in [0.15, 0.2) is 17.4 Å². The Balaban J connectivity index is 0. The van der Waals surface area contributed by atoms with Crippen LogP contribution in [0.5, 0.6) is 0 Å². The standard InChI is InChI=1S/Al.BH4O6P.3H/c;2-1(3)7-8(4,5)6;;;/h;2-3H,(H2,4,5,6);;;. The zero-order valence-electron chi connectivity index (χ0n) is 3.63. The summed E-state index contributed by atoms with van der Waals surface area (Å²) < 4.78 is 12.8. The molecule has 6 nitrogen and oxygen atoms in total. The minimum absolute atomic E-state index is 0. The van der Waals surface area contributed by atoms with Gasteiger partial charge in [0.1, 0.15) is 0 Å². The van der Waals surface area contributed by atoms with Gasteiger partial charge in [-0.1, -0.05) is 0 Å². The van der Waals surface area contributed by atoms with Crippen molar-refractivity contribution in [2.45, 2.75) is 0 Å². The molecule has 0 rings (SSSR count). The largest absolute Gasteiger partial charge is 0.642 e. The summed E-state index contributed by atoms with van der Waals surface area (Å²) in [4.78, 5) is 15.5. The summed E-state index contributed by atoms with van der Waals surface area (Å²) in [5, 5.41) is 15.5. The first kappa shape index (κ1) is 12.3. The Morgan fingerprint density at radius 3 is 1.67 bits per heavy atom. The zero-order valence-corrected chi connectivity index (χ0v) is 4.52. The molecule has 9 heteroatoms. The van der Waals surface area contributed by atoms with E-state index in [1.165, 1.54) is 0 Å². The van der Waals surface area contributed by atoms with Crippen LogP contribution < -0.4 is 0 Å². The Bertz CT molecular complexity index is 106. The van der Waals surface area contributed by atoms with Crippen LogP contribution in [0, 0.1) is 0 Å². The average Bonchev–Trinajstić information content (AvgIpc) is 1.21. The van der Waals surface area contributed by atoms with Crippen molar-refractivity contribution in [2.75, 3.05) is 0 Å². The fraction of sp³-hybridized carbons (Fsp3) is 0. The molecule has 0 radical (unpaired) electrons. The highest BCUT2D eigenvalue weighted by Crippen LogP contribution is 2.35. The second kappa shape index (κ2) is 4.44. The molecule has 0 aromatic rings. The molecule has 9 heavy (non-hydrogen) atoms. The monoisotopic (exact) mass is 172 g/mol. The summed E-state index contributed by atoms with van der Waals surface area (Å²) >= 11 is 0. The van der Waals surface area contributed by atoms with Crippen LogP contribution >= 0.6 is 7.82 Å². The molecular weight excluding hydrogens is 165 g/mol. The lowest BCUT2D eigenvalue weighted by atomic mass is 10.3. The number of hydrogen-bond donors (Lipinski definition) is 4. The fourth-order valence-corrected chi connectivity index (χ4v) is 0.368. The number of phosphoric acid groups is 1. The van der Waals surface area contributed by atoms with Crippen LogP contribution in [0.3, 0.4) is 0 Å². The molecular formula is H7AlBO6P. The minimum atomic E-state index is -4.72. The third-order valence-corrected chi connectivity index (χ3v) is 0.695. The van der Waals surface area contributed by atoms with Gasteiger partial charge in [-0.15, -0.1) is 0 Å². The molecule has 0 aromatic carbocycles. The first-order chi connectivity index (χ1) is 3.42. The van der Waals surface area contributed by atoms with Crippen LogP contribution in [0.1, 0.15) is 0 Å². The van der Waals surface area contributed by atoms with E-state index in [9.17, 15) is 4.57 Å². The lowest BCUT2D eigenvalue weighted by Crippen LogP contribution is -2.14. The van der Waals surface area contributed by atoms with E-state index in [-0.39, 0.29) is 17.4 Å². The first-order valence-electron chi connectivity index (χ1n) is 1.52. The van der Waals surface area contributed by atoms with Crippen molar-refractivity contribution in [1.82, 2.24) is 0 Å². The highest BCUT2D eigenvalue weighted by molar-refractivity contribution is 7.47. The minimum Gasteiger partial charge on any atom is -0.401 e. The van der Waals surface area contributed by atoms with Crippen LogP contribution in [0.4, 0.5) is 0 Å². The smallest absolute Gasteiger partial charge is 0.401 e. The van der Waals surface area contributed by atoms with Crippen molar-refractivity contribution in [3.8, 4) is 0 Å². The van der Waals surface area contributed by atoms with Gasteiger partial charge in [0.25, 0.3) is 0 Å². The van der Waals surface area contributed by atoms with Crippen molar-refractivity contribution >= 4 is 32.5 Å². The van der Waals surface area contributed by atoms with E-state index in [1.54, 1.807) is 0 Å². The highest BCUT2D eigenvalue weighted by Gasteiger charge is 2.23. The molecule has 0 saturated heterocycles. The van der Waals surface area contributed by atoms with Gasteiger partial charge < -0.3 is 19.8 Å². The third-order valence-electron chi connectivity index (χ3n) is 0.232. The molecule has 0 aliphatic rings. The molecule has 0 aliphatic carbocycles. The Hall–Kier alpha value is 0.627. The second-order valence-electron chi connectivity index (χ2n) is 0.922. The van der Waals surface area contributed by atoms with E-state index in [0.29, 0.717) is 0 Å². The van der Waals surface area contributed by atoms with Gasteiger partial charge in [-0.2, -0.15) is 0 Å². The molecule has 0 saturated carbocycles. The molecule has 0 aromatic heterocycles. The second-order valence-corrected chi connectivity index (χ2v) is 2.11. The average molecular weight is 172 g/mol. The first-order valence-corrected chi connectivity index (χ1v) is 3.05. The summed E-state index contributed by atoms with van der Waals surface area (Å²) in [5.41, 5.74) is 0. The third kappa shape index (κ3) is 12.0. The summed E-state index contributed by atoms with van der Waals surface area (Å²) in [6.07, 6.45) is 0. The number of hydrogen-bond acceptors (Lipinski definition) is 4. The highest BCUT2D eigenvalue weighted by atomic mass is 31.2. The van der Waals surface area contributed by atoms with Crippen molar-refractivity contribution in [1.29, 1.82) is 0 Å². The van der Waals surface area contributed by atoms with Gasteiger partial charge >= 0.3 is 15.1 Å². The van der Waals surface area contributed by atoms with Gasteiger partial charge in [-0.25, -0.2) is 4.57 Å². The molecule has 0 atom stereocenters. The SMILES string of the molecule is O=P(O)(O)OB(O)O.[AlH3]. The van der Waals surface area contributed by atoms with Crippen LogP contribution in [0.25, 0.3) is 0 Å². The van der Waals surface area contributed by atoms with E-state index in [2.05, 4.69) is 4.44 Å². The summed E-state index contributed by atoms with van der Waals surface area (Å²) in [6.45, 7) is 0. The lowest BCUT2D eigenvalue weighted by Gasteiger charge is -2.00. The summed E-state index contributed by atoms with van der Waals surface area (Å²) in [6, 6.07) is 0. The van der Waals surface area contributed by atoms with Crippen LogP contribution in [0.2, 0.25) is 0 Å². The van der Waals surface area contributed by atoms with E-state index in [0.717, 1.165) is 0 Å². The Labute approximate surface area is 62.0 Å². The maximum absolute atomic E-state index is 9.59. The Morgan fingerprint density at radius 2 is 1.67 bits per heavy atom. The normalized spacial score (nSPS) is 10.2. The molecule has 0 bridgehead atoms. The Kier molecular flexibility index (Phi) is 6.08. The van der Waals surface area contributed by atoms with Crippen LogP contribution in [0.15, 0.2) is 0 Å². The fourth-order valence-electron chi connectivity index (χ4n) is 0.123. The van der Waals surface area contributed by atoms with Gasteiger partial charge in [-0.05, 0) is 0 Å². The molecule has 0 aliphatic heterocycles. The van der Waals surface area contributed by atoms with E-state index < -0.39 is 15.1 Å². The maximum atomic E-state index is 9.59. The Morgan fingerprint density at radius 1 is 1.33 bits per heavy atom. The van der Waals surface area contributed by atoms with Crippen molar-refractivity contribution < 1.29 is 28.8 Å². The van der Waals surface area contributed by atoms with Gasteiger partial charge in [0, 0.05) is 0 Å². The molecule has 0 fully saturated rings. The van der Waals surface area contributed by atoms with Gasteiger partial charge in [0.2, 0.25) is 0 Å². The van der Waals surface area contributed by atoms with Gasteiger partial charge in [-0.3, -0.25) is 4.44 Å². The topological polar surface area (TPSA) is 107 Å². The lowest BCUT2D eigenvalue weighted by molar-refractivity contribution is 0.219. The zero-order chi connectivity index (χ0) is 6.78. The van der Waals surface area contributed by atoms with E-state index in [4.69, 9.17) is 19.8 Å². The predicted octanol–water partition coefficient (Wildman–Crippen LogP) is -3.12. The quantitative estimate of drug-likeness (QED) is 0.259. The molecule has 54 valence electrons. The van der Waals surface area contributed by atoms with Crippen molar-refractivity contribution in [3.63, 3.8) is 0 Å². The summed E-state index contributed by atoms with van der Waals surface area (Å²) in [7, 11) is -7.14. The predicted molar refractivity (Wildman–Crippen MR) is 33.3 cm³/mol. The molecule has 4 N–H and O–H groups in total. The summed E-state index contributed by atoms with van der Waals surface area (Å²) in [5.74, 6) is 0. The van der Waals surface area contributed by atoms with Crippen LogP contribution in [-0.4, -0.2) is 44.5 Å². The molecule has 0 unspecified atom stereocenters. The molecule has 0 amide bonds.